The molecule has 9 nitrogen and oxygen atoms in total. The van der Waals surface area contributed by atoms with Crippen LogP contribution in [-0.4, -0.2) is 37.1 Å². The standard InChI is InChI=1S/C36H37FO9/c1-24(2)34(39)43-22-8-6-5-7-21-42-28-16-12-27(13-17-28)36(41)45-30-18-19-32(31(37)23-30)46-33(38)20-11-26-9-14-29(15-10-26)44-35(40)25(3)4/h9-10,12-19,23H,1,3,5-8,11,20-22H2,2,4H3. The summed E-state index contributed by atoms with van der Waals surface area (Å²) in [5, 5.41) is 0. The van der Waals surface area contributed by atoms with Gasteiger partial charge in [-0.1, -0.05) is 25.3 Å². The van der Waals surface area contributed by atoms with Gasteiger partial charge in [0.05, 0.1) is 18.8 Å². The van der Waals surface area contributed by atoms with Crippen molar-refractivity contribution >= 4 is 23.9 Å². The number of ether oxygens (including phenoxy) is 5. The molecule has 0 heterocycles. The highest BCUT2D eigenvalue weighted by Crippen LogP contribution is 2.25. The SMILES string of the molecule is C=C(C)C(=O)OCCCCCCOc1ccc(C(=O)Oc2ccc(OC(=O)CCc3ccc(OC(=O)C(=C)C)cc3)c(F)c2)cc1. The van der Waals surface area contributed by atoms with E-state index in [1.165, 1.54) is 12.1 Å². The van der Waals surface area contributed by atoms with Crippen LogP contribution in [0.4, 0.5) is 4.39 Å². The lowest BCUT2D eigenvalue weighted by Crippen LogP contribution is -2.11. The van der Waals surface area contributed by atoms with Crippen molar-refractivity contribution in [3.05, 3.63) is 108 Å². The fraction of sp³-hybridized carbons (Fsp3) is 0.278. The zero-order valence-electron chi connectivity index (χ0n) is 26.0. The lowest BCUT2D eigenvalue weighted by Gasteiger charge is -2.09. The van der Waals surface area contributed by atoms with Crippen LogP contribution < -0.4 is 18.9 Å². The monoisotopic (exact) mass is 632 g/mol. The summed E-state index contributed by atoms with van der Waals surface area (Å²) in [6, 6.07) is 16.5. The van der Waals surface area contributed by atoms with Gasteiger partial charge < -0.3 is 23.7 Å². The van der Waals surface area contributed by atoms with E-state index >= 15 is 0 Å². The molecule has 3 rings (SSSR count). The van der Waals surface area contributed by atoms with Gasteiger partial charge in [0, 0.05) is 23.6 Å². The Kier molecular flexibility index (Phi) is 13.7. The second-order valence-electron chi connectivity index (χ2n) is 10.5. The molecule has 242 valence electrons. The number of rotatable bonds is 17. The molecule has 0 atom stereocenters. The van der Waals surface area contributed by atoms with Crippen LogP contribution in [0.3, 0.4) is 0 Å². The molecule has 46 heavy (non-hydrogen) atoms. The second-order valence-corrected chi connectivity index (χ2v) is 10.5. The van der Waals surface area contributed by atoms with Crippen LogP contribution in [0.15, 0.2) is 91.0 Å². The maximum Gasteiger partial charge on any atom is 0.343 e. The number of halogens is 1. The molecule has 0 aliphatic rings. The highest BCUT2D eigenvalue weighted by atomic mass is 19.1. The molecule has 0 radical (unpaired) electrons. The third kappa shape index (κ3) is 12.0. The number of carbonyl (C=O) groups excluding carboxylic acids is 4. The maximum absolute atomic E-state index is 14.6. The van der Waals surface area contributed by atoms with Crippen LogP contribution in [0, 0.1) is 5.82 Å². The van der Waals surface area contributed by atoms with Crippen LogP contribution in [0.5, 0.6) is 23.0 Å². The summed E-state index contributed by atoms with van der Waals surface area (Å²) in [6.45, 7) is 11.1. The van der Waals surface area contributed by atoms with Crippen molar-refractivity contribution in [3.8, 4) is 23.0 Å². The number of unbranched alkanes of at least 4 members (excludes halogenated alkanes) is 3. The number of carbonyl (C=O) groups is 4. The van der Waals surface area contributed by atoms with E-state index in [1.807, 2.05) is 0 Å². The first-order valence-corrected chi connectivity index (χ1v) is 14.8. The second kappa shape index (κ2) is 17.9. The van der Waals surface area contributed by atoms with Crippen LogP contribution in [-0.2, 0) is 25.5 Å². The molecule has 0 spiro atoms. The number of hydrogen-bond donors (Lipinski definition) is 0. The normalized spacial score (nSPS) is 10.4. The van der Waals surface area contributed by atoms with Crippen molar-refractivity contribution < 1.29 is 47.3 Å². The fourth-order valence-electron chi connectivity index (χ4n) is 3.86. The highest BCUT2D eigenvalue weighted by molar-refractivity contribution is 5.91. The van der Waals surface area contributed by atoms with Gasteiger partial charge in [0.1, 0.15) is 17.2 Å². The smallest absolute Gasteiger partial charge is 0.343 e. The van der Waals surface area contributed by atoms with E-state index in [4.69, 9.17) is 23.7 Å². The number of hydrogen-bond acceptors (Lipinski definition) is 9. The molecule has 0 aliphatic heterocycles. The summed E-state index contributed by atoms with van der Waals surface area (Å²) in [6.07, 6.45) is 3.70. The van der Waals surface area contributed by atoms with Crippen LogP contribution in [0.25, 0.3) is 0 Å². The van der Waals surface area contributed by atoms with Crippen molar-refractivity contribution in [2.45, 2.75) is 52.4 Å². The minimum absolute atomic E-state index is 0.0183. The Hall–Kier alpha value is -5.25. The lowest BCUT2D eigenvalue weighted by atomic mass is 10.1. The quantitative estimate of drug-likeness (QED) is 0.0664. The highest BCUT2D eigenvalue weighted by Gasteiger charge is 2.15. The molecule has 0 saturated heterocycles. The Morgan fingerprint density at radius 1 is 0.674 bits per heavy atom. The van der Waals surface area contributed by atoms with Gasteiger partial charge in [-0.05, 0) is 100 Å². The van der Waals surface area contributed by atoms with Crippen LogP contribution in [0.2, 0.25) is 0 Å². The van der Waals surface area contributed by atoms with Gasteiger partial charge in [-0.25, -0.2) is 18.8 Å². The Balaban J connectivity index is 1.37. The Bertz CT molecular complexity index is 1540. The average molecular weight is 633 g/mol. The molecule has 0 N–H and O–H groups in total. The molecule has 0 aliphatic carbocycles. The largest absolute Gasteiger partial charge is 0.494 e. The molecule has 3 aromatic carbocycles. The van der Waals surface area contributed by atoms with Gasteiger partial charge in [0.15, 0.2) is 11.6 Å². The third-order valence-electron chi connectivity index (χ3n) is 6.42. The van der Waals surface area contributed by atoms with E-state index < -0.39 is 23.7 Å². The first-order valence-electron chi connectivity index (χ1n) is 14.8. The first-order chi connectivity index (χ1) is 22.0. The van der Waals surface area contributed by atoms with Crippen molar-refractivity contribution in [1.29, 1.82) is 0 Å². The average Bonchev–Trinajstić information content (AvgIpc) is 3.03. The molecule has 0 amide bonds. The van der Waals surface area contributed by atoms with Crippen molar-refractivity contribution in [1.82, 2.24) is 0 Å². The van der Waals surface area contributed by atoms with Gasteiger partial charge in [0.25, 0.3) is 0 Å². The van der Waals surface area contributed by atoms with Crippen molar-refractivity contribution in [2.75, 3.05) is 13.2 Å². The summed E-state index contributed by atoms with van der Waals surface area (Å²) in [5.74, 6) is -2.51. The van der Waals surface area contributed by atoms with Gasteiger partial charge in [0.2, 0.25) is 0 Å². The van der Waals surface area contributed by atoms with E-state index in [0.29, 0.717) is 36.7 Å². The molecule has 0 saturated carbocycles. The minimum atomic E-state index is -0.862. The van der Waals surface area contributed by atoms with Crippen molar-refractivity contribution in [2.24, 2.45) is 0 Å². The summed E-state index contributed by atoms with van der Waals surface area (Å²) < 4.78 is 40.9. The van der Waals surface area contributed by atoms with E-state index in [-0.39, 0.29) is 35.0 Å². The van der Waals surface area contributed by atoms with Crippen LogP contribution >= 0.6 is 0 Å². The number of esters is 4. The topological polar surface area (TPSA) is 114 Å². The van der Waals surface area contributed by atoms with E-state index in [0.717, 1.165) is 37.3 Å². The van der Waals surface area contributed by atoms with Gasteiger partial charge in [-0.15, -0.1) is 0 Å². The molecule has 0 unspecified atom stereocenters. The Morgan fingerprint density at radius 3 is 1.91 bits per heavy atom. The summed E-state index contributed by atoms with van der Waals surface area (Å²) >= 11 is 0. The van der Waals surface area contributed by atoms with E-state index in [2.05, 4.69) is 13.2 Å². The maximum atomic E-state index is 14.6. The van der Waals surface area contributed by atoms with E-state index in [9.17, 15) is 23.6 Å². The summed E-state index contributed by atoms with van der Waals surface area (Å²) in [4.78, 5) is 47.8. The lowest BCUT2D eigenvalue weighted by molar-refractivity contribution is -0.139. The molecular weight excluding hydrogens is 595 g/mol. The zero-order valence-corrected chi connectivity index (χ0v) is 26.0. The predicted octanol–water partition coefficient (Wildman–Crippen LogP) is 7.12. The zero-order chi connectivity index (χ0) is 33.5. The molecule has 0 fully saturated rings. The Morgan fingerprint density at radius 2 is 1.28 bits per heavy atom. The molecule has 0 bridgehead atoms. The summed E-state index contributed by atoms with van der Waals surface area (Å²) in [7, 11) is 0. The first kappa shape index (κ1) is 35.2. The summed E-state index contributed by atoms with van der Waals surface area (Å²) in [5.41, 5.74) is 1.70. The van der Waals surface area contributed by atoms with Gasteiger partial charge in [-0.3, -0.25) is 4.79 Å². The Labute approximate surface area is 267 Å². The number of aryl methyl sites for hydroxylation is 1. The molecule has 3 aromatic rings. The predicted molar refractivity (Wildman–Crippen MR) is 168 cm³/mol. The molecule has 10 heteroatoms. The van der Waals surface area contributed by atoms with E-state index in [1.54, 1.807) is 62.4 Å². The van der Waals surface area contributed by atoms with Crippen LogP contribution in [0.1, 0.15) is 61.9 Å². The molecular formula is C36H37FO9. The minimum Gasteiger partial charge on any atom is -0.494 e. The fourth-order valence-corrected chi connectivity index (χ4v) is 3.86. The van der Waals surface area contributed by atoms with Crippen molar-refractivity contribution in [3.63, 3.8) is 0 Å². The number of benzene rings is 3. The third-order valence-corrected chi connectivity index (χ3v) is 6.42. The van der Waals surface area contributed by atoms with Gasteiger partial charge >= 0.3 is 23.9 Å². The van der Waals surface area contributed by atoms with Gasteiger partial charge in [-0.2, -0.15) is 0 Å². The molecule has 0 aromatic heterocycles.